The number of piperidine rings is 1. The second-order valence-electron chi connectivity index (χ2n) is 9.39. The van der Waals surface area contributed by atoms with Crippen LogP contribution in [0.1, 0.15) is 28.8 Å². The zero-order valence-corrected chi connectivity index (χ0v) is 23.5. The van der Waals surface area contributed by atoms with Crippen LogP contribution in [0, 0.1) is 5.92 Å². The maximum atomic E-state index is 12.9. The monoisotopic (exact) mass is 563 g/mol. The highest BCUT2D eigenvalue weighted by Gasteiger charge is 2.22. The number of nitrogens with zero attached hydrogens (tertiary/aromatic N) is 3. The Kier molecular flexibility index (Phi) is 11.1. The minimum atomic E-state index is -0.253. The molecule has 1 fully saturated rings. The van der Waals surface area contributed by atoms with Crippen molar-refractivity contribution in [1.29, 1.82) is 0 Å². The Balaban J connectivity index is 1.47. The maximum Gasteiger partial charge on any atom is 0.263 e. The molecule has 2 amide bonds. The van der Waals surface area contributed by atoms with E-state index < -0.39 is 0 Å². The Morgan fingerprint density at radius 3 is 2.53 bits per heavy atom. The summed E-state index contributed by atoms with van der Waals surface area (Å²) in [5.41, 5.74) is 7.13. The number of nitrogens with one attached hydrogen (secondary N) is 1. The first-order valence-corrected chi connectivity index (χ1v) is 13.2. The molecule has 38 heavy (non-hydrogen) atoms. The minimum absolute atomic E-state index is 0.177. The minimum Gasteiger partial charge on any atom is -0.493 e. The molecule has 9 nitrogen and oxygen atoms in total. The molecule has 0 saturated carbocycles. The van der Waals surface area contributed by atoms with E-state index in [0.717, 1.165) is 31.5 Å². The van der Waals surface area contributed by atoms with Crippen LogP contribution in [0.15, 0.2) is 41.4 Å². The molecule has 1 saturated heterocycles. The molecular weight excluding hydrogens is 529 g/mol. The quantitative estimate of drug-likeness (QED) is 0.336. The first-order valence-electron chi connectivity index (χ1n) is 12.5. The largest absolute Gasteiger partial charge is 0.493 e. The molecule has 11 heteroatoms. The van der Waals surface area contributed by atoms with Gasteiger partial charge in [0, 0.05) is 42.7 Å². The normalized spacial score (nSPS) is 14.7. The van der Waals surface area contributed by atoms with Crippen molar-refractivity contribution < 1.29 is 19.1 Å². The molecule has 206 valence electrons. The van der Waals surface area contributed by atoms with Gasteiger partial charge < -0.3 is 25.4 Å². The third-order valence-electron chi connectivity index (χ3n) is 6.38. The fraction of sp³-hybridized carbons (Fsp3) is 0.444. The average Bonchev–Trinajstić information content (AvgIpc) is 2.89. The van der Waals surface area contributed by atoms with Crippen molar-refractivity contribution in [2.45, 2.75) is 19.3 Å². The number of ether oxygens (including phenoxy) is 2. The summed E-state index contributed by atoms with van der Waals surface area (Å²) in [6.45, 7) is 2.69. The Labute approximate surface area is 233 Å². The van der Waals surface area contributed by atoms with Crippen molar-refractivity contribution in [1.82, 2.24) is 15.1 Å². The van der Waals surface area contributed by atoms with Crippen LogP contribution in [-0.2, 0) is 11.2 Å². The van der Waals surface area contributed by atoms with Gasteiger partial charge in [-0.25, -0.2) is 0 Å². The van der Waals surface area contributed by atoms with Gasteiger partial charge in [-0.1, -0.05) is 29.3 Å². The van der Waals surface area contributed by atoms with Crippen LogP contribution in [-0.4, -0.2) is 81.6 Å². The van der Waals surface area contributed by atoms with Crippen molar-refractivity contribution in [3.05, 3.63) is 57.6 Å². The molecule has 0 radical (unpaired) electrons. The lowest BCUT2D eigenvalue weighted by Crippen LogP contribution is -2.41. The zero-order chi connectivity index (χ0) is 27.7. The van der Waals surface area contributed by atoms with Gasteiger partial charge in [-0.3, -0.25) is 14.5 Å². The van der Waals surface area contributed by atoms with E-state index in [-0.39, 0.29) is 24.3 Å². The van der Waals surface area contributed by atoms with Gasteiger partial charge in [0.1, 0.15) is 0 Å². The number of hydrogen-bond acceptors (Lipinski definition) is 5. The van der Waals surface area contributed by atoms with E-state index in [1.807, 2.05) is 6.07 Å². The molecule has 0 bridgehead atoms. The second-order valence-corrected chi connectivity index (χ2v) is 10.2. The van der Waals surface area contributed by atoms with Gasteiger partial charge in [0.05, 0.1) is 20.3 Å². The van der Waals surface area contributed by atoms with Gasteiger partial charge in [-0.05, 0) is 67.7 Å². The van der Waals surface area contributed by atoms with Gasteiger partial charge in [-0.15, -0.1) is 0 Å². The van der Waals surface area contributed by atoms with Crippen molar-refractivity contribution in [2.24, 2.45) is 16.6 Å². The molecule has 1 heterocycles. The predicted molar refractivity (Wildman–Crippen MR) is 150 cm³/mol. The summed E-state index contributed by atoms with van der Waals surface area (Å²) < 4.78 is 11.3. The van der Waals surface area contributed by atoms with E-state index >= 15 is 0 Å². The number of aliphatic imine (C=N–C) groups is 1. The van der Waals surface area contributed by atoms with Crippen LogP contribution in [0.3, 0.4) is 0 Å². The summed E-state index contributed by atoms with van der Waals surface area (Å²) in [6.07, 6.45) is 2.34. The lowest BCUT2D eigenvalue weighted by atomic mass is 9.96. The number of carbonyl (C=O) groups excluding carboxylic acids is 2. The Morgan fingerprint density at radius 1 is 1.13 bits per heavy atom. The number of nitrogens with two attached hydrogens (primary N) is 1. The summed E-state index contributed by atoms with van der Waals surface area (Å²) in [5, 5.41) is 4.19. The van der Waals surface area contributed by atoms with E-state index in [2.05, 4.69) is 15.2 Å². The van der Waals surface area contributed by atoms with Crippen LogP contribution < -0.4 is 20.5 Å². The summed E-state index contributed by atoms with van der Waals surface area (Å²) in [7, 11) is 5.04. The topological polar surface area (TPSA) is 109 Å². The van der Waals surface area contributed by atoms with Crippen LogP contribution in [0.4, 0.5) is 0 Å². The zero-order valence-electron chi connectivity index (χ0n) is 22.0. The number of methoxy groups -OCH3 is 1. The molecule has 0 atom stereocenters. The van der Waals surface area contributed by atoms with Crippen molar-refractivity contribution in [3.63, 3.8) is 0 Å². The molecule has 3 N–H and O–H groups in total. The van der Waals surface area contributed by atoms with Crippen LogP contribution >= 0.6 is 23.2 Å². The van der Waals surface area contributed by atoms with Crippen LogP contribution in [0.2, 0.25) is 10.0 Å². The first-order chi connectivity index (χ1) is 18.2. The van der Waals surface area contributed by atoms with Crippen molar-refractivity contribution in [2.75, 3.05) is 54.0 Å². The van der Waals surface area contributed by atoms with Gasteiger partial charge in [-0.2, -0.15) is 4.99 Å². The van der Waals surface area contributed by atoms with Crippen molar-refractivity contribution in [3.8, 4) is 11.5 Å². The van der Waals surface area contributed by atoms with Crippen LogP contribution in [0.25, 0.3) is 0 Å². The van der Waals surface area contributed by atoms with E-state index in [9.17, 15) is 9.59 Å². The molecule has 0 aromatic heterocycles. The average molecular weight is 565 g/mol. The Bertz CT molecular complexity index is 1150. The second kappa shape index (κ2) is 14.2. The van der Waals surface area contributed by atoms with E-state index in [0.29, 0.717) is 52.6 Å². The highest BCUT2D eigenvalue weighted by molar-refractivity contribution is 6.35. The van der Waals surface area contributed by atoms with Gasteiger partial charge in [0.25, 0.3) is 11.8 Å². The van der Waals surface area contributed by atoms with E-state index in [4.69, 9.17) is 38.4 Å². The van der Waals surface area contributed by atoms with Crippen molar-refractivity contribution >= 4 is 41.0 Å². The SMILES string of the molecule is COc1ccc(C(=O)NCC2CCN(CC(=O)N=C(N)N(C)C)CC2)cc1OCCc1ccc(Cl)cc1Cl. The molecule has 1 aliphatic heterocycles. The summed E-state index contributed by atoms with van der Waals surface area (Å²) in [5.74, 6) is 1.13. The van der Waals surface area contributed by atoms with Crippen LogP contribution in [0.5, 0.6) is 11.5 Å². The molecule has 1 aliphatic rings. The molecule has 0 aliphatic carbocycles. The lowest BCUT2D eigenvalue weighted by molar-refractivity contribution is -0.119. The highest BCUT2D eigenvalue weighted by Crippen LogP contribution is 2.29. The molecule has 0 unspecified atom stereocenters. The molecule has 2 aromatic carbocycles. The fourth-order valence-corrected chi connectivity index (χ4v) is 4.57. The summed E-state index contributed by atoms with van der Waals surface area (Å²) in [4.78, 5) is 32.5. The Hall–Kier alpha value is -3.01. The smallest absolute Gasteiger partial charge is 0.263 e. The lowest BCUT2D eigenvalue weighted by Gasteiger charge is -2.31. The predicted octanol–water partition coefficient (Wildman–Crippen LogP) is 3.47. The number of amides is 2. The maximum absolute atomic E-state index is 12.9. The van der Waals surface area contributed by atoms with Gasteiger partial charge in [0.2, 0.25) is 0 Å². The summed E-state index contributed by atoms with van der Waals surface area (Å²) >= 11 is 12.2. The van der Waals surface area contributed by atoms with E-state index in [1.165, 1.54) is 0 Å². The summed E-state index contributed by atoms with van der Waals surface area (Å²) in [6, 6.07) is 10.5. The number of rotatable bonds is 10. The number of guanidine groups is 1. The van der Waals surface area contributed by atoms with Gasteiger partial charge in [0.15, 0.2) is 17.5 Å². The third-order valence-corrected chi connectivity index (χ3v) is 6.97. The fourth-order valence-electron chi connectivity index (χ4n) is 4.07. The Morgan fingerprint density at radius 2 is 1.87 bits per heavy atom. The number of hydrogen-bond donors (Lipinski definition) is 2. The molecular formula is C27H35Cl2N5O4. The van der Waals surface area contributed by atoms with E-state index in [1.54, 1.807) is 56.4 Å². The molecule has 3 rings (SSSR count). The first kappa shape index (κ1) is 29.5. The molecule has 0 spiro atoms. The number of carbonyl (C=O) groups is 2. The van der Waals surface area contributed by atoms with Gasteiger partial charge >= 0.3 is 0 Å². The number of likely N-dealkylation sites (tertiary alicyclic amines) is 1. The standard InChI is InChI=1S/C27H35Cl2N5O4/c1-33(2)27(30)32-25(35)17-34-11-8-18(9-12-34)16-31-26(36)20-5-7-23(37-3)24(14-20)38-13-10-19-4-6-21(28)15-22(19)29/h4-7,14-15,18H,8-13,16-17H2,1-3H3,(H,31,36)(H2,30,32,35). The molecule has 2 aromatic rings. The number of halogens is 2. The highest BCUT2D eigenvalue weighted by atomic mass is 35.5. The number of benzene rings is 2. The third kappa shape index (κ3) is 8.79.